The summed E-state index contributed by atoms with van der Waals surface area (Å²) in [5.41, 5.74) is 0. The Hall–Kier alpha value is -0.239. The summed E-state index contributed by atoms with van der Waals surface area (Å²) in [6.07, 6.45) is 9.26. The van der Waals surface area contributed by atoms with Crippen molar-refractivity contribution < 1.29 is 24.7 Å². The predicted molar refractivity (Wildman–Crippen MR) is 126 cm³/mol. The van der Waals surface area contributed by atoms with Gasteiger partial charge in [-0.1, -0.05) is 30.4 Å². The smallest absolute Gasteiger partial charge is 0.328 e. The molecular formula is C15H32O6Si6. The Kier molecular flexibility index (Phi) is 12.7. The van der Waals surface area contributed by atoms with Crippen molar-refractivity contribution in [2.24, 2.45) is 0 Å². The maximum Gasteiger partial charge on any atom is 0.328 e. The number of hydrogen-bond acceptors (Lipinski definition) is 6. The largest absolute Gasteiger partial charge is 0.425 e. The molecule has 0 amide bonds. The molecular weight excluding hydrogens is 445 g/mol. The summed E-state index contributed by atoms with van der Waals surface area (Å²) in [5.74, 6) is 0. The average molecular weight is 477 g/mol. The van der Waals surface area contributed by atoms with Crippen LogP contribution in [0.5, 0.6) is 0 Å². The molecule has 1 heterocycles. The van der Waals surface area contributed by atoms with Crippen LogP contribution >= 0.6 is 0 Å². The van der Waals surface area contributed by atoms with E-state index < -0.39 is 56.4 Å². The summed E-state index contributed by atoms with van der Waals surface area (Å²) in [6, 6.07) is 3.25. The second kappa shape index (κ2) is 13.9. The van der Waals surface area contributed by atoms with Gasteiger partial charge in [-0.2, -0.15) is 0 Å². The van der Waals surface area contributed by atoms with Crippen molar-refractivity contribution in [2.75, 3.05) is 0 Å². The number of rotatable bonds is 10. The fourth-order valence-electron chi connectivity index (χ4n) is 2.75. The second-order valence-corrected chi connectivity index (χ2v) is 20.9. The van der Waals surface area contributed by atoms with Crippen molar-refractivity contribution in [1.29, 1.82) is 0 Å². The van der Waals surface area contributed by atoms with Gasteiger partial charge in [-0.15, -0.1) is 32.9 Å². The lowest BCUT2D eigenvalue weighted by atomic mass is 10.7. The predicted octanol–water partition coefficient (Wildman–Crippen LogP) is 1.13. The third kappa shape index (κ3) is 8.75. The first-order valence-corrected chi connectivity index (χ1v) is 18.6. The molecule has 0 bridgehead atoms. The molecule has 0 spiro atoms. The first kappa shape index (κ1) is 24.8. The Balaban J connectivity index is 3.29. The van der Waals surface area contributed by atoms with Gasteiger partial charge in [0, 0.05) is 30.2 Å². The minimum absolute atomic E-state index is 0.634. The van der Waals surface area contributed by atoms with E-state index in [-0.39, 0.29) is 0 Å². The van der Waals surface area contributed by atoms with Crippen LogP contribution in [-0.2, 0) is 24.7 Å². The average Bonchev–Trinajstić information content (AvgIpc) is 2.61. The Morgan fingerprint density at radius 1 is 0.704 bits per heavy atom. The highest BCUT2D eigenvalue weighted by atomic mass is 28.5. The molecule has 27 heavy (non-hydrogen) atoms. The summed E-state index contributed by atoms with van der Waals surface area (Å²) < 4.78 is 37.3. The highest BCUT2D eigenvalue weighted by molar-refractivity contribution is 6.86. The van der Waals surface area contributed by atoms with Crippen molar-refractivity contribution >= 4 is 56.4 Å². The molecule has 6 nitrogen and oxygen atoms in total. The summed E-state index contributed by atoms with van der Waals surface area (Å²) in [6.45, 7) is 19.5. The maximum atomic E-state index is 6.85. The van der Waals surface area contributed by atoms with Gasteiger partial charge in [0.2, 0.25) is 0 Å². The van der Waals surface area contributed by atoms with Crippen molar-refractivity contribution in [3.8, 4) is 0 Å². The summed E-state index contributed by atoms with van der Waals surface area (Å²) >= 11 is 0. The molecule has 1 aliphatic rings. The molecule has 152 valence electrons. The molecule has 0 aromatic heterocycles. The monoisotopic (exact) mass is 476 g/mol. The number of allylic oxidation sites excluding steroid dienone is 5. The molecule has 0 aromatic rings. The minimum atomic E-state index is -2.73. The topological polar surface area (TPSA) is 55.4 Å². The van der Waals surface area contributed by atoms with Gasteiger partial charge in [-0.05, 0) is 0 Å². The molecule has 1 atom stereocenters. The van der Waals surface area contributed by atoms with Crippen molar-refractivity contribution in [1.82, 2.24) is 0 Å². The molecule has 1 unspecified atom stereocenters. The first-order chi connectivity index (χ1) is 13.1. The SMILES string of the molecule is C=CC[SiH]1O[SiH2]O[SiH2]O[SiH2]O[Si](CC=C)(CC=C)O[Si](CC=C)(CC=C)O1. The standard InChI is InChI=1S/C15H32O6Si6/c1-6-11-25-18-23-16-22-17-24-19-26(12-7-2,13-8-3)21-27(20-25,14-9-4)15-10-5/h6-10,25H,1-5,11-15,22-24H2. The minimum Gasteiger partial charge on any atom is -0.425 e. The third-order valence-corrected chi connectivity index (χ3v) is 21.2. The summed E-state index contributed by atoms with van der Waals surface area (Å²) in [7, 11) is -10.8. The van der Waals surface area contributed by atoms with E-state index in [9.17, 15) is 0 Å². The zero-order valence-corrected chi connectivity index (χ0v) is 23.5. The third-order valence-electron chi connectivity index (χ3n) is 3.81. The lowest BCUT2D eigenvalue weighted by molar-refractivity contribution is 0.279. The molecule has 0 aromatic carbocycles. The van der Waals surface area contributed by atoms with E-state index in [1.54, 1.807) is 0 Å². The van der Waals surface area contributed by atoms with Crippen LogP contribution in [0.1, 0.15) is 0 Å². The van der Waals surface area contributed by atoms with Gasteiger partial charge in [0.15, 0.2) is 0 Å². The van der Waals surface area contributed by atoms with Crippen molar-refractivity contribution in [3.63, 3.8) is 0 Å². The molecule has 0 saturated carbocycles. The van der Waals surface area contributed by atoms with E-state index in [4.69, 9.17) is 24.7 Å². The van der Waals surface area contributed by atoms with Crippen LogP contribution in [0.15, 0.2) is 63.3 Å². The molecule has 0 radical (unpaired) electrons. The summed E-state index contributed by atoms with van der Waals surface area (Å²) in [4.78, 5) is 0. The van der Waals surface area contributed by atoms with Crippen LogP contribution in [0.3, 0.4) is 0 Å². The van der Waals surface area contributed by atoms with Crippen LogP contribution < -0.4 is 0 Å². The van der Waals surface area contributed by atoms with E-state index in [2.05, 4.69) is 32.9 Å². The van der Waals surface area contributed by atoms with E-state index in [0.29, 0.717) is 30.2 Å². The van der Waals surface area contributed by atoms with Crippen molar-refractivity contribution in [3.05, 3.63) is 63.3 Å². The fraction of sp³-hybridized carbons (Fsp3) is 0.333. The Morgan fingerprint density at radius 2 is 1.26 bits per heavy atom. The first-order valence-electron chi connectivity index (χ1n) is 8.92. The van der Waals surface area contributed by atoms with Gasteiger partial charge in [0.1, 0.15) is 0 Å². The highest BCUT2D eigenvalue weighted by Crippen LogP contribution is 2.31. The Morgan fingerprint density at radius 3 is 1.81 bits per heavy atom. The lowest BCUT2D eigenvalue weighted by Gasteiger charge is -2.41. The summed E-state index contributed by atoms with van der Waals surface area (Å²) in [5, 5.41) is 0. The van der Waals surface area contributed by atoms with Crippen LogP contribution in [0.4, 0.5) is 0 Å². The van der Waals surface area contributed by atoms with Gasteiger partial charge in [0.25, 0.3) is 30.0 Å². The van der Waals surface area contributed by atoms with Crippen LogP contribution in [0.2, 0.25) is 30.2 Å². The number of hydrogen-bond donors (Lipinski definition) is 0. The molecule has 1 rings (SSSR count). The van der Waals surface area contributed by atoms with E-state index in [1.807, 2.05) is 30.4 Å². The lowest BCUT2D eigenvalue weighted by Crippen LogP contribution is -2.57. The normalized spacial score (nSPS) is 25.9. The van der Waals surface area contributed by atoms with Gasteiger partial charge < -0.3 is 24.7 Å². The van der Waals surface area contributed by atoms with E-state index in [1.165, 1.54) is 0 Å². The quantitative estimate of drug-likeness (QED) is 0.348. The van der Waals surface area contributed by atoms with Crippen LogP contribution in [0, 0.1) is 0 Å². The van der Waals surface area contributed by atoms with Crippen molar-refractivity contribution in [2.45, 2.75) is 30.2 Å². The molecule has 0 aliphatic carbocycles. The van der Waals surface area contributed by atoms with Crippen LogP contribution in [0.25, 0.3) is 0 Å². The zero-order chi connectivity index (χ0) is 20.0. The molecule has 1 fully saturated rings. The zero-order valence-electron chi connectivity index (χ0n) is 16.1. The van der Waals surface area contributed by atoms with Gasteiger partial charge in [-0.25, -0.2) is 0 Å². The van der Waals surface area contributed by atoms with Crippen LogP contribution in [-0.4, -0.2) is 56.4 Å². The Bertz CT molecular complexity index is 485. The Labute approximate surface area is 174 Å². The second-order valence-electron chi connectivity index (χ2n) is 6.04. The van der Waals surface area contributed by atoms with E-state index >= 15 is 0 Å². The maximum absolute atomic E-state index is 6.85. The molecule has 1 saturated heterocycles. The van der Waals surface area contributed by atoms with E-state index in [0.717, 1.165) is 0 Å². The molecule has 12 heteroatoms. The van der Waals surface area contributed by atoms with Gasteiger partial charge in [-0.3, -0.25) is 0 Å². The van der Waals surface area contributed by atoms with Gasteiger partial charge in [0.05, 0.1) is 0 Å². The molecule has 1 aliphatic heterocycles. The highest BCUT2D eigenvalue weighted by Gasteiger charge is 2.48. The fourth-order valence-corrected chi connectivity index (χ4v) is 21.9. The molecule has 0 N–H and O–H groups in total. The van der Waals surface area contributed by atoms with Gasteiger partial charge >= 0.3 is 26.4 Å².